The van der Waals surface area contributed by atoms with E-state index in [4.69, 9.17) is 0 Å². The van der Waals surface area contributed by atoms with Gasteiger partial charge in [-0.3, -0.25) is 9.59 Å². The lowest BCUT2D eigenvalue weighted by atomic mass is 10.1. The van der Waals surface area contributed by atoms with Crippen LogP contribution in [-0.4, -0.2) is 31.4 Å². The van der Waals surface area contributed by atoms with E-state index in [2.05, 4.69) is 49.3 Å². The van der Waals surface area contributed by atoms with Gasteiger partial charge in [-0.2, -0.15) is 0 Å². The Morgan fingerprint density at radius 2 is 1.80 bits per heavy atom. The van der Waals surface area contributed by atoms with Gasteiger partial charge >= 0.3 is 0 Å². The highest BCUT2D eigenvalue weighted by atomic mass is 16.2. The fraction of sp³-hybridized carbons (Fsp3) is 0.600. The number of carbonyl (C=O) groups is 2. The molecule has 0 aromatic heterocycles. The number of carbonyl (C=O) groups excluding carboxylic acids is 2. The van der Waals surface area contributed by atoms with E-state index in [0.717, 1.165) is 30.0 Å². The lowest BCUT2D eigenvalue weighted by molar-refractivity contribution is -0.125. The second kappa shape index (κ2) is 8.37. The minimum Gasteiger partial charge on any atom is -0.372 e. The summed E-state index contributed by atoms with van der Waals surface area (Å²) >= 11 is 0. The molecule has 0 aliphatic heterocycles. The van der Waals surface area contributed by atoms with Crippen LogP contribution in [0.2, 0.25) is 0 Å². The smallest absolute Gasteiger partial charge is 0.228 e. The zero-order chi connectivity index (χ0) is 18.6. The number of hydrogen-bond donors (Lipinski definition) is 2. The van der Waals surface area contributed by atoms with Crippen LogP contribution in [-0.2, 0) is 9.59 Å². The summed E-state index contributed by atoms with van der Waals surface area (Å²) in [5.41, 5.74) is 3.03. The lowest BCUT2D eigenvalue weighted by Crippen LogP contribution is -2.30. The van der Waals surface area contributed by atoms with Gasteiger partial charge in [0.25, 0.3) is 0 Å². The summed E-state index contributed by atoms with van der Waals surface area (Å²) in [6.07, 6.45) is 0.645. The molecule has 0 heterocycles. The Hall–Kier alpha value is -2.04. The van der Waals surface area contributed by atoms with Gasteiger partial charge in [0.2, 0.25) is 11.8 Å². The van der Waals surface area contributed by atoms with Gasteiger partial charge in [-0.25, -0.2) is 0 Å². The molecule has 0 bridgehead atoms. The topological polar surface area (TPSA) is 61.4 Å². The summed E-state index contributed by atoms with van der Waals surface area (Å²) in [6.45, 7) is 13.0. The molecule has 1 saturated carbocycles. The van der Waals surface area contributed by atoms with Crippen LogP contribution in [0.25, 0.3) is 0 Å². The number of nitrogens with one attached hydrogen (secondary N) is 2. The first-order chi connectivity index (χ1) is 11.9. The number of aryl methyl sites for hydroxylation is 1. The Kier molecular flexibility index (Phi) is 6.45. The largest absolute Gasteiger partial charge is 0.372 e. The number of anilines is 2. The molecule has 1 aliphatic carbocycles. The summed E-state index contributed by atoms with van der Waals surface area (Å²) in [4.78, 5) is 26.7. The van der Waals surface area contributed by atoms with Crippen molar-refractivity contribution < 1.29 is 9.59 Å². The summed E-state index contributed by atoms with van der Waals surface area (Å²) in [5, 5.41) is 5.90. The quantitative estimate of drug-likeness (QED) is 0.761. The maximum Gasteiger partial charge on any atom is 0.228 e. The van der Waals surface area contributed by atoms with Crippen molar-refractivity contribution in [1.29, 1.82) is 0 Å². The van der Waals surface area contributed by atoms with Crippen molar-refractivity contribution in [2.75, 3.05) is 29.9 Å². The van der Waals surface area contributed by atoms with E-state index in [9.17, 15) is 9.59 Å². The van der Waals surface area contributed by atoms with Gasteiger partial charge in [0.1, 0.15) is 0 Å². The standard InChI is InChI=1S/C20H31N3O2/c1-6-23(7-2)15-8-9-18(14(5)10-15)22-20(25)17-11-16(17)19(24)21-12-13(3)4/h8-10,13,16-17H,6-7,11-12H2,1-5H3,(H,21,24)(H,22,25). The van der Waals surface area contributed by atoms with Crippen LogP contribution in [0, 0.1) is 24.7 Å². The van der Waals surface area contributed by atoms with Gasteiger partial charge in [-0.05, 0) is 56.9 Å². The average Bonchev–Trinajstić information content (AvgIpc) is 3.37. The van der Waals surface area contributed by atoms with E-state index < -0.39 is 0 Å². The highest BCUT2D eigenvalue weighted by molar-refractivity contribution is 6.00. The molecule has 2 atom stereocenters. The highest BCUT2D eigenvalue weighted by Crippen LogP contribution is 2.39. The van der Waals surface area contributed by atoms with Gasteiger partial charge < -0.3 is 15.5 Å². The lowest BCUT2D eigenvalue weighted by Gasteiger charge is -2.22. The Morgan fingerprint density at radius 1 is 1.16 bits per heavy atom. The Labute approximate surface area is 151 Å². The Bertz CT molecular complexity index is 623. The van der Waals surface area contributed by atoms with Crippen molar-refractivity contribution in [3.63, 3.8) is 0 Å². The van der Waals surface area contributed by atoms with E-state index in [-0.39, 0.29) is 23.7 Å². The molecule has 5 nitrogen and oxygen atoms in total. The number of amides is 2. The predicted molar refractivity (Wildman–Crippen MR) is 103 cm³/mol. The van der Waals surface area contributed by atoms with Crippen molar-refractivity contribution >= 4 is 23.2 Å². The van der Waals surface area contributed by atoms with Crippen LogP contribution in [0.4, 0.5) is 11.4 Å². The molecule has 2 N–H and O–H groups in total. The van der Waals surface area contributed by atoms with Crippen LogP contribution >= 0.6 is 0 Å². The van der Waals surface area contributed by atoms with E-state index in [1.54, 1.807) is 0 Å². The maximum atomic E-state index is 12.4. The van der Waals surface area contributed by atoms with Crippen molar-refractivity contribution in [2.45, 2.75) is 41.0 Å². The fourth-order valence-corrected chi connectivity index (χ4v) is 3.01. The van der Waals surface area contributed by atoms with Gasteiger partial charge in [-0.1, -0.05) is 13.8 Å². The molecular formula is C20H31N3O2. The molecule has 0 spiro atoms. The SMILES string of the molecule is CCN(CC)c1ccc(NC(=O)C2CC2C(=O)NCC(C)C)c(C)c1. The maximum absolute atomic E-state index is 12.4. The molecule has 2 rings (SSSR count). The molecule has 0 saturated heterocycles. The third-order valence-corrected chi connectivity index (χ3v) is 4.74. The molecule has 1 aromatic rings. The molecular weight excluding hydrogens is 314 g/mol. The third-order valence-electron chi connectivity index (χ3n) is 4.74. The summed E-state index contributed by atoms with van der Waals surface area (Å²) in [7, 11) is 0. The van der Waals surface area contributed by atoms with Crippen LogP contribution in [0.3, 0.4) is 0 Å². The van der Waals surface area contributed by atoms with Gasteiger partial charge in [0, 0.05) is 31.0 Å². The summed E-state index contributed by atoms with van der Waals surface area (Å²) in [6, 6.07) is 6.09. The highest BCUT2D eigenvalue weighted by Gasteiger charge is 2.47. The zero-order valence-electron chi connectivity index (χ0n) is 16.1. The molecule has 138 valence electrons. The second-order valence-corrected chi connectivity index (χ2v) is 7.25. The normalized spacial score (nSPS) is 18.8. The van der Waals surface area contributed by atoms with Gasteiger partial charge in [0.15, 0.2) is 0 Å². The predicted octanol–water partition coefficient (Wildman–Crippen LogP) is 3.19. The van der Waals surface area contributed by atoms with Crippen LogP contribution < -0.4 is 15.5 Å². The van der Waals surface area contributed by atoms with Crippen LogP contribution in [0.15, 0.2) is 18.2 Å². The van der Waals surface area contributed by atoms with Crippen LogP contribution in [0.5, 0.6) is 0 Å². The number of nitrogens with zero attached hydrogens (tertiary/aromatic N) is 1. The first kappa shape index (κ1) is 19.3. The van der Waals surface area contributed by atoms with Crippen molar-refractivity contribution in [1.82, 2.24) is 5.32 Å². The summed E-state index contributed by atoms with van der Waals surface area (Å²) < 4.78 is 0. The molecule has 2 amide bonds. The summed E-state index contributed by atoms with van der Waals surface area (Å²) in [5.74, 6) is -0.00388. The first-order valence-electron chi connectivity index (χ1n) is 9.31. The molecule has 25 heavy (non-hydrogen) atoms. The number of benzene rings is 1. The van der Waals surface area contributed by atoms with E-state index >= 15 is 0 Å². The Morgan fingerprint density at radius 3 is 2.36 bits per heavy atom. The van der Waals surface area contributed by atoms with Crippen molar-refractivity contribution in [3.8, 4) is 0 Å². The number of rotatable bonds is 8. The van der Waals surface area contributed by atoms with Crippen LogP contribution in [0.1, 0.15) is 39.7 Å². The molecule has 0 radical (unpaired) electrons. The molecule has 1 fully saturated rings. The van der Waals surface area contributed by atoms with Gasteiger partial charge in [0.05, 0.1) is 11.8 Å². The molecule has 5 heteroatoms. The molecule has 1 aliphatic rings. The van der Waals surface area contributed by atoms with Crippen molar-refractivity contribution in [3.05, 3.63) is 23.8 Å². The molecule has 1 aromatic carbocycles. The first-order valence-corrected chi connectivity index (χ1v) is 9.31. The zero-order valence-corrected chi connectivity index (χ0v) is 16.1. The van der Waals surface area contributed by atoms with Gasteiger partial charge in [-0.15, -0.1) is 0 Å². The third kappa shape index (κ3) is 4.97. The van der Waals surface area contributed by atoms with E-state index in [1.807, 2.05) is 19.1 Å². The fourth-order valence-electron chi connectivity index (χ4n) is 3.01. The minimum absolute atomic E-state index is 0.00227. The Balaban J connectivity index is 1.92. The van der Waals surface area contributed by atoms with Crippen molar-refractivity contribution in [2.24, 2.45) is 17.8 Å². The monoisotopic (exact) mass is 345 g/mol. The van der Waals surface area contributed by atoms with E-state index in [0.29, 0.717) is 18.9 Å². The average molecular weight is 345 g/mol. The number of hydrogen-bond acceptors (Lipinski definition) is 3. The molecule has 2 unspecified atom stereocenters. The minimum atomic E-state index is -0.200. The second-order valence-electron chi connectivity index (χ2n) is 7.25. The van der Waals surface area contributed by atoms with E-state index in [1.165, 1.54) is 0 Å².